The smallest absolute Gasteiger partial charge is 0.254 e. The first kappa shape index (κ1) is 20.7. The molecule has 160 valence electrons. The maximum atomic E-state index is 13.0. The Labute approximate surface area is 182 Å². The largest absolute Gasteiger partial charge is 0.497 e. The first-order chi connectivity index (χ1) is 15.1. The number of nitrogens with zero attached hydrogens (tertiary/aromatic N) is 3. The highest BCUT2D eigenvalue weighted by Crippen LogP contribution is 2.16. The van der Waals surface area contributed by atoms with Gasteiger partial charge in [-0.25, -0.2) is 0 Å². The van der Waals surface area contributed by atoms with Crippen LogP contribution in [0.25, 0.3) is 5.69 Å². The average Bonchev–Trinajstić information content (AvgIpc) is 3.38. The number of hydrogen-bond acceptors (Lipinski definition) is 3. The third kappa shape index (κ3) is 4.97. The third-order valence-corrected chi connectivity index (χ3v) is 5.70. The van der Waals surface area contributed by atoms with Crippen LogP contribution in [0.1, 0.15) is 22.3 Å². The molecule has 2 aromatic carbocycles. The number of benzene rings is 2. The minimum Gasteiger partial charge on any atom is -0.497 e. The molecule has 1 aromatic heterocycles. The van der Waals surface area contributed by atoms with Crippen LogP contribution in [0.4, 0.5) is 0 Å². The maximum absolute atomic E-state index is 13.0. The second-order valence-electron chi connectivity index (χ2n) is 7.66. The first-order valence-electron chi connectivity index (χ1n) is 10.6. The van der Waals surface area contributed by atoms with Gasteiger partial charge in [0.1, 0.15) is 5.75 Å². The number of ether oxygens (including phenoxy) is 1. The molecule has 31 heavy (non-hydrogen) atoms. The second-order valence-corrected chi connectivity index (χ2v) is 7.66. The van der Waals surface area contributed by atoms with E-state index in [-0.39, 0.29) is 11.8 Å². The number of rotatable bonds is 6. The highest BCUT2D eigenvalue weighted by Gasteiger charge is 2.24. The van der Waals surface area contributed by atoms with Crippen LogP contribution in [0.3, 0.4) is 0 Å². The Kier molecular flexibility index (Phi) is 6.36. The van der Waals surface area contributed by atoms with Crippen LogP contribution < -0.4 is 4.74 Å². The SMILES string of the molecule is COc1ccc(CCC(=O)N2CCN(C(=O)c3cccc(-n4cccc4)c3)CC2)cc1. The lowest BCUT2D eigenvalue weighted by Crippen LogP contribution is -2.50. The molecule has 1 aliphatic heterocycles. The van der Waals surface area contributed by atoms with E-state index in [4.69, 9.17) is 4.74 Å². The summed E-state index contributed by atoms with van der Waals surface area (Å²) in [4.78, 5) is 29.3. The van der Waals surface area contributed by atoms with E-state index < -0.39 is 0 Å². The molecule has 0 aliphatic carbocycles. The van der Waals surface area contributed by atoms with Crippen LogP contribution in [-0.2, 0) is 11.2 Å². The highest BCUT2D eigenvalue weighted by molar-refractivity contribution is 5.95. The Bertz CT molecular complexity index is 1020. The third-order valence-electron chi connectivity index (χ3n) is 5.70. The Hall–Kier alpha value is -3.54. The summed E-state index contributed by atoms with van der Waals surface area (Å²) in [5.41, 5.74) is 2.75. The maximum Gasteiger partial charge on any atom is 0.254 e. The summed E-state index contributed by atoms with van der Waals surface area (Å²) in [5.74, 6) is 0.964. The number of amides is 2. The van der Waals surface area contributed by atoms with E-state index in [2.05, 4.69) is 0 Å². The van der Waals surface area contributed by atoms with Crippen LogP contribution in [-0.4, -0.2) is 59.5 Å². The summed E-state index contributed by atoms with van der Waals surface area (Å²) < 4.78 is 7.15. The molecule has 2 amide bonds. The van der Waals surface area contributed by atoms with Crippen molar-refractivity contribution in [3.05, 3.63) is 84.2 Å². The molecule has 1 fully saturated rings. The number of aryl methyl sites for hydroxylation is 1. The van der Waals surface area contributed by atoms with Gasteiger partial charge < -0.3 is 19.1 Å². The number of carbonyl (C=O) groups is 2. The molecule has 0 spiro atoms. The van der Waals surface area contributed by atoms with Gasteiger partial charge in [0.15, 0.2) is 0 Å². The van der Waals surface area contributed by atoms with Gasteiger partial charge >= 0.3 is 0 Å². The molecule has 0 N–H and O–H groups in total. The zero-order chi connectivity index (χ0) is 21.6. The molecule has 6 heteroatoms. The fourth-order valence-electron chi connectivity index (χ4n) is 3.85. The minimum atomic E-state index is 0.0133. The Morgan fingerprint density at radius 3 is 2.23 bits per heavy atom. The van der Waals surface area contributed by atoms with Gasteiger partial charge in [0, 0.05) is 56.2 Å². The molecule has 0 unspecified atom stereocenters. The van der Waals surface area contributed by atoms with Gasteiger partial charge in [-0.05, 0) is 54.4 Å². The minimum absolute atomic E-state index is 0.0133. The van der Waals surface area contributed by atoms with Crippen LogP contribution in [0.15, 0.2) is 73.1 Å². The monoisotopic (exact) mass is 417 g/mol. The lowest BCUT2D eigenvalue weighted by Gasteiger charge is -2.35. The van der Waals surface area contributed by atoms with Crippen molar-refractivity contribution in [3.63, 3.8) is 0 Å². The van der Waals surface area contributed by atoms with Crippen molar-refractivity contribution in [2.45, 2.75) is 12.8 Å². The number of piperazine rings is 1. The fourth-order valence-corrected chi connectivity index (χ4v) is 3.85. The summed E-state index contributed by atoms with van der Waals surface area (Å²) >= 11 is 0. The number of methoxy groups -OCH3 is 1. The molecule has 6 nitrogen and oxygen atoms in total. The summed E-state index contributed by atoms with van der Waals surface area (Å²) in [6.45, 7) is 2.26. The van der Waals surface area contributed by atoms with Gasteiger partial charge in [-0.2, -0.15) is 0 Å². The molecule has 0 saturated carbocycles. The second kappa shape index (κ2) is 9.51. The highest BCUT2D eigenvalue weighted by atomic mass is 16.5. The summed E-state index contributed by atoms with van der Waals surface area (Å²) in [5, 5.41) is 0. The molecular formula is C25H27N3O3. The molecule has 1 saturated heterocycles. The summed E-state index contributed by atoms with van der Waals surface area (Å²) in [6.07, 6.45) is 5.09. The van der Waals surface area contributed by atoms with Gasteiger partial charge in [-0.3, -0.25) is 9.59 Å². The molecule has 2 heterocycles. The predicted octanol–water partition coefficient (Wildman–Crippen LogP) is 3.40. The Balaban J connectivity index is 1.29. The van der Waals surface area contributed by atoms with Gasteiger partial charge in [0.05, 0.1) is 7.11 Å². The predicted molar refractivity (Wildman–Crippen MR) is 120 cm³/mol. The van der Waals surface area contributed by atoms with E-state index in [1.165, 1.54) is 0 Å². The van der Waals surface area contributed by atoms with E-state index >= 15 is 0 Å². The topological polar surface area (TPSA) is 54.8 Å². The van der Waals surface area contributed by atoms with Gasteiger partial charge in [0.25, 0.3) is 5.91 Å². The summed E-state index contributed by atoms with van der Waals surface area (Å²) in [6, 6.07) is 19.4. The molecule has 3 aromatic rings. The van der Waals surface area contributed by atoms with E-state index in [0.29, 0.717) is 44.6 Å². The van der Waals surface area contributed by atoms with E-state index in [0.717, 1.165) is 17.0 Å². The van der Waals surface area contributed by atoms with Crippen LogP contribution in [0, 0.1) is 0 Å². The quantitative estimate of drug-likeness (QED) is 0.618. The van der Waals surface area contributed by atoms with Crippen molar-refractivity contribution >= 4 is 11.8 Å². The molecule has 4 rings (SSSR count). The van der Waals surface area contributed by atoms with E-state index in [1.54, 1.807) is 7.11 Å². The number of hydrogen-bond donors (Lipinski definition) is 0. The van der Waals surface area contributed by atoms with Gasteiger partial charge in [-0.15, -0.1) is 0 Å². The van der Waals surface area contributed by atoms with Crippen molar-refractivity contribution in [2.24, 2.45) is 0 Å². The Morgan fingerprint density at radius 1 is 0.871 bits per heavy atom. The van der Waals surface area contributed by atoms with Crippen molar-refractivity contribution in [3.8, 4) is 11.4 Å². The zero-order valence-electron chi connectivity index (χ0n) is 17.7. The standard InChI is InChI=1S/C25H27N3O3/c1-31-23-10-7-20(8-11-23)9-12-24(29)27-15-17-28(18-16-27)25(30)21-5-4-6-22(19-21)26-13-2-3-14-26/h2-8,10-11,13-14,19H,9,12,15-18H2,1H3. The number of carbonyl (C=O) groups excluding carboxylic acids is 2. The van der Waals surface area contributed by atoms with E-state index in [1.807, 2.05) is 87.4 Å². The molecule has 0 radical (unpaired) electrons. The fraction of sp³-hybridized carbons (Fsp3) is 0.280. The lowest BCUT2D eigenvalue weighted by molar-refractivity contribution is -0.132. The van der Waals surface area contributed by atoms with Crippen molar-refractivity contribution in [1.82, 2.24) is 14.4 Å². The molecule has 1 aliphatic rings. The lowest BCUT2D eigenvalue weighted by atomic mass is 10.1. The van der Waals surface area contributed by atoms with Crippen LogP contribution >= 0.6 is 0 Å². The normalized spacial score (nSPS) is 13.8. The van der Waals surface area contributed by atoms with Crippen LogP contribution in [0.5, 0.6) is 5.75 Å². The molecule has 0 atom stereocenters. The first-order valence-corrected chi connectivity index (χ1v) is 10.6. The molecule has 0 bridgehead atoms. The van der Waals surface area contributed by atoms with Gasteiger partial charge in [-0.1, -0.05) is 18.2 Å². The van der Waals surface area contributed by atoms with Crippen molar-refractivity contribution in [2.75, 3.05) is 33.3 Å². The van der Waals surface area contributed by atoms with Gasteiger partial charge in [0.2, 0.25) is 5.91 Å². The van der Waals surface area contributed by atoms with Crippen molar-refractivity contribution < 1.29 is 14.3 Å². The Morgan fingerprint density at radius 2 is 1.55 bits per heavy atom. The molecular weight excluding hydrogens is 390 g/mol. The van der Waals surface area contributed by atoms with E-state index in [9.17, 15) is 9.59 Å². The van der Waals surface area contributed by atoms with Crippen molar-refractivity contribution in [1.29, 1.82) is 0 Å². The average molecular weight is 418 g/mol. The van der Waals surface area contributed by atoms with Crippen LogP contribution in [0.2, 0.25) is 0 Å². The zero-order valence-corrected chi connectivity index (χ0v) is 17.7. The summed E-state index contributed by atoms with van der Waals surface area (Å²) in [7, 11) is 1.64. The number of aromatic nitrogens is 1.